The molecule has 0 aromatic rings. The summed E-state index contributed by atoms with van der Waals surface area (Å²) < 4.78 is 216. The molecular weight excluding hydrogens is 566 g/mol. The molecule has 0 bridgehead atoms. The van der Waals surface area contributed by atoms with E-state index in [1.165, 1.54) is 0 Å². The van der Waals surface area contributed by atoms with Gasteiger partial charge in [0.25, 0.3) is 0 Å². The maximum atomic E-state index is 11.9. The van der Waals surface area contributed by atoms with Crippen LogP contribution in [0.1, 0.15) is 6.42 Å². The summed E-state index contributed by atoms with van der Waals surface area (Å²) in [5.41, 5.74) is 0. The fourth-order valence-electron chi connectivity index (χ4n) is 0.725. The zero-order chi connectivity index (χ0) is 28.1. The Morgan fingerprint density at radius 2 is 0.667 bits per heavy atom. The lowest BCUT2D eigenvalue weighted by atomic mass is 10.3. The second-order valence-corrected chi connectivity index (χ2v) is 7.85. The van der Waals surface area contributed by atoms with Crippen LogP contribution >= 0.6 is 0 Å². The minimum Gasteiger partial charge on any atom is -0.396 e. The first-order valence-corrected chi connectivity index (χ1v) is 9.60. The number of hydrogen-bond acceptors (Lipinski definition) is 6. The number of halogens is 14. The van der Waals surface area contributed by atoms with Gasteiger partial charge in [0.2, 0.25) is 0 Å². The minimum atomic E-state index is -6.85. The van der Waals surface area contributed by atoms with Crippen LogP contribution in [-0.4, -0.2) is 84.1 Å². The first-order chi connectivity index (χ1) is 13.9. The molecule has 0 fully saturated rings. The van der Waals surface area contributed by atoms with Crippen LogP contribution in [-0.2, 0) is 20.2 Å². The Labute approximate surface area is 173 Å². The van der Waals surface area contributed by atoms with Crippen LogP contribution in [0.25, 0.3) is 0 Å². The molecule has 0 atom stereocenters. The van der Waals surface area contributed by atoms with Gasteiger partial charge < -0.3 is 10.2 Å². The highest BCUT2D eigenvalue weighted by molar-refractivity contribution is 7.87. The van der Waals surface area contributed by atoms with Crippen LogP contribution < -0.4 is 0 Å². The number of alkyl halides is 14. The molecule has 0 radical (unpaired) electrons. The summed E-state index contributed by atoms with van der Waals surface area (Å²) in [6.07, 6.45) is -13.1. The Morgan fingerprint density at radius 3 is 0.697 bits per heavy atom. The van der Waals surface area contributed by atoms with Crippen LogP contribution in [0.2, 0.25) is 0 Å². The van der Waals surface area contributed by atoms with E-state index in [1.54, 1.807) is 0 Å². The number of aliphatic hydroxyl groups excluding tert-OH is 2. The van der Waals surface area contributed by atoms with Crippen molar-refractivity contribution in [3.8, 4) is 0 Å². The molecule has 24 heteroatoms. The van der Waals surface area contributed by atoms with E-state index in [4.69, 9.17) is 19.3 Å². The summed E-state index contributed by atoms with van der Waals surface area (Å²) in [6.45, 7) is 0.188. The Bertz CT molecular complexity index is 747. The van der Waals surface area contributed by atoms with Crippen LogP contribution in [0.15, 0.2) is 0 Å². The lowest BCUT2D eigenvalue weighted by Crippen LogP contribution is -2.55. The third kappa shape index (κ3) is 8.48. The second-order valence-electron chi connectivity index (χ2n) is 4.93. The molecule has 0 heterocycles. The summed E-state index contributed by atoms with van der Waals surface area (Å²) in [5.74, 6) is -13.7. The maximum absolute atomic E-state index is 11.9. The molecule has 0 saturated carbocycles. The molecule has 204 valence electrons. The summed E-state index contributed by atoms with van der Waals surface area (Å²) in [5, 5.41) is 2.59. The van der Waals surface area contributed by atoms with Gasteiger partial charge in [0.15, 0.2) is 0 Å². The summed E-state index contributed by atoms with van der Waals surface area (Å²) >= 11 is 0. The number of hydrogen-bond donors (Lipinski definition) is 4. The highest BCUT2D eigenvalue weighted by Gasteiger charge is 2.79. The topological polar surface area (TPSA) is 149 Å². The Kier molecular flexibility index (Phi) is 12.1. The minimum absolute atomic E-state index is 0.0938. The van der Waals surface area contributed by atoms with Gasteiger partial charge in [-0.3, -0.25) is 9.11 Å². The van der Waals surface area contributed by atoms with Crippen molar-refractivity contribution >= 4 is 20.2 Å². The molecule has 4 N–H and O–H groups in total. The molecule has 0 aromatic carbocycles. The third-order valence-electron chi connectivity index (χ3n) is 2.41. The molecule has 0 saturated heterocycles. The van der Waals surface area contributed by atoms with Crippen LogP contribution in [0.3, 0.4) is 0 Å². The van der Waals surface area contributed by atoms with E-state index in [0.29, 0.717) is 6.42 Å². The van der Waals surface area contributed by atoms with E-state index in [9.17, 15) is 78.3 Å². The standard InChI is InChI=1S/2C3HF7O3S.C3H8O2/c2*4-1(5,2(6,7)8)3(9,10)14(11,12)13;4-2-1-3-5/h2*(H,11,12,13);4-5H,1-3H2. The fraction of sp³-hybridized carbons (Fsp3) is 1.00. The van der Waals surface area contributed by atoms with Gasteiger partial charge in [0, 0.05) is 13.2 Å². The van der Waals surface area contributed by atoms with Crippen LogP contribution in [0.5, 0.6) is 0 Å². The molecule has 0 aliphatic heterocycles. The lowest BCUT2D eigenvalue weighted by Gasteiger charge is -2.25. The van der Waals surface area contributed by atoms with Gasteiger partial charge >= 0.3 is 54.9 Å². The Morgan fingerprint density at radius 1 is 0.485 bits per heavy atom. The van der Waals surface area contributed by atoms with Crippen molar-refractivity contribution in [1.82, 2.24) is 0 Å². The average Bonchev–Trinajstić information content (AvgIpc) is 2.52. The maximum Gasteiger partial charge on any atom is 0.461 e. The van der Waals surface area contributed by atoms with Crippen LogP contribution in [0, 0.1) is 0 Å². The first-order valence-electron chi connectivity index (χ1n) is 6.72. The lowest BCUT2D eigenvalue weighted by molar-refractivity contribution is -0.333. The van der Waals surface area contributed by atoms with Gasteiger partial charge in [0.05, 0.1) is 0 Å². The summed E-state index contributed by atoms with van der Waals surface area (Å²) in [7, 11) is -13.7. The van der Waals surface area contributed by atoms with E-state index in [1.807, 2.05) is 0 Å². The molecule has 8 nitrogen and oxygen atoms in total. The molecule has 0 unspecified atom stereocenters. The molecule has 0 spiro atoms. The first kappa shape index (κ1) is 36.3. The number of aliphatic hydroxyl groups is 2. The smallest absolute Gasteiger partial charge is 0.396 e. The highest BCUT2D eigenvalue weighted by atomic mass is 32.2. The monoisotopic (exact) mass is 576 g/mol. The van der Waals surface area contributed by atoms with Crippen LogP contribution in [0.4, 0.5) is 61.5 Å². The van der Waals surface area contributed by atoms with Gasteiger partial charge in [-0.2, -0.15) is 78.3 Å². The van der Waals surface area contributed by atoms with Crippen molar-refractivity contribution in [2.75, 3.05) is 13.2 Å². The Hall–Kier alpha value is -1.24. The zero-order valence-corrected chi connectivity index (χ0v) is 16.3. The predicted octanol–water partition coefficient (Wildman–Crippen LogP) is 2.69. The zero-order valence-electron chi connectivity index (χ0n) is 14.7. The molecule has 0 aliphatic carbocycles. The molecule has 0 aliphatic rings. The summed E-state index contributed by atoms with van der Waals surface area (Å²) in [6, 6.07) is 0. The highest BCUT2D eigenvalue weighted by Crippen LogP contribution is 2.49. The van der Waals surface area contributed by atoms with E-state index >= 15 is 0 Å². The van der Waals surface area contributed by atoms with Crippen molar-refractivity contribution in [3.05, 3.63) is 0 Å². The second kappa shape index (κ2) is 11.0. The van der Waals surface area contributed by atoms with E-state index in [0.717, 1.165) is 0 Å². The van der Waals surface area contributed by atoms with Crippen molar-refractivity contribution in [2.24, 2.45) is 0 Å². The van der Waals surface area contributed by atoms with Gasteiger partial charge in [0.1, 0.15) is 0 Å². The van der Waals surface area contributed by atoms with Gasteiger partial charge in [-0.15, -0.1) is 0 Å². The quantitative estimate of drug-likeness (QED) is 0.279. The largest absolute Gasteiger partial charge is 0.461 e. The fourth-order valence-corrected chi connectivity index (χ4v) is 1.60. The summed E-state index contributed by atoms with van der Waals surface area (Å²) in [4.78, 5) is 0. The van der Waals surface area contributed by atoms with Crippen molar-refractivity contribution in [2.45, 2.75) is 41.1 Å². The molecule has 0 rings (SSSR count). The van der Waals surface area contributed by atoms with Gasteiger partial charge in [-0.05, 0) is 6.42 Å². The normalized spacial score (nSPS) is 14.6. The third-order valence-corrected chi connectivity index (χ3v) is 4.22. The molecular formula is C9H10F14O8S2. The van der Waals surface area contributed by atoms with E-state index in [2.05, 4.69) is 0 Å². The molecule has 0 amide bonds. The van der Waals surface area contributed by atoms with Gasteiger partial charge in [-0.25, -0.2) is 0 Å². The van der Waals surface area contributed by atoms with Crippen molar-refractivity contribution in [3.63, 3.8) is 0 Å². The number of rotatable bonds is 6. The van der Waals surface area contributed by atoms with E-state index < -0.39 is 54.9 Å². The van der Waals surface area contributed by atoms with Gasteiger partial charge in [-0.1, -0.05) is 0 Å². The predicted molar refractivity (Wildman–Crippen MR) is 73.8 cm³/mol. The average molecular weight is 576 g/mol. The molecule has 33 heavy (non-hydrogen) atoms. The Balaban J connectivity index is -0.000000453. The van der Waals surface area contributed by atoms with E-state index in [-0.39, 0.29) is 13.2 Å². The van der Waals surface area contributed by atoms with Crippen molar-refractivity contribution < 1.29 is 97.6 Å². The van der Waals surface area contributed by atoms with Crippen molar-refractivity contribution in [1.29, 1.82) is 0 Å². The SMILES string of the molecule is O=S(=O)(O)C(F)(F)C(F)(F)C(F)(F)F.O=S(=O)(O)C(F)(F)C(F)(F)C(F)(F)F.OCCCO. The molecule has 0 aromatic heterocycles.